The number of anilines is 1. The number of aromatic nitrogens is 1. The standard InChI is InChI=1S/C21H25N3O6S/c1-13(2)11-17(20(25)22-14-5-7-15(29-4)8-6-14)23-31(27,28)16-9-10-18-19(12-16)30-21(26)24(18)3/h5-10,12-13,17,23H,11H2,1-4H3,(H,22,25)/t17-/m1/s1. The molecule has 0 fully saturated rings. The molecule has 0 saturated carbocycles. The lowest BCUT2D eigenvalue weighted by Crippen LogP contribution is -2.44. The Morgan fingerprint density at radius 1 is 1.16 bits per heavy atom. The van der Waals surface area contributed by atoms with Crippen LogP contribution < -0.4 is 20.5 Å². The zero-order valence-corrected chi connectivity index (χ0v) is 18.5. The molecule has 166 valence electrons. The van der Waals surface area contributed by atoms with Crippen LogP contribution in [0.15, 0.2) is 56.6 Å². The van der Waals surface area contributed by atoms with Crippen molar-refractivity contribution in [1.29, 1.82) is 0 Å². The second-order valence-corrected chi connectivity index (χ2v) is 9.29. The Morgan fingerprint density at radius 3 is 2.45 bits per heavy atom. The molecule has 0 aliphatic carbocycles. The number of ether oxygens (including phenoxy) is 1. The number of carbonyl (C=O) groups excluding carboxylic acids is 1. The van der Waals surface area contributed by atoms with Crippen molar-refractivity contribution in [2.45, 2.75) is 31.2 Å². The Labute approximate surface area is 180 Å². The van der Waals surface area contributed by atoms with Crippen LogP contribution >= 0.6 is 0 Å². The third-order valence-corrected chi connectivity index (χ3v) is 6.22. The van der Waals surface area contributed by atoms with Crippen LogP contribution in [-0.4, -0.2) is 32.0 Å². The molecule has 0 aliphatic heterocycles. The molecule has 0 aliphatic rings. The van der Waals surface area contributed by atoms with Gasteiger partial charge >= 0.3 is 5.76 Å². The predicted octanol–water partition coefficient (Wildman–Crippen LogP) is 2.47. The summed E-state index contributed by atoms with van der Waals surface area (Å²) in [6, 6.07) is 9.86. The van der Waals surface area contributed by atoms with Gasteiger partial charge in [-0.05, 0) is 48.7 Å². The van der Waals surface area contributed by atoms with Crippen molar-refractivity contribution >= 4 is 32.7 Å². The number of nitrogens with zero attached hydrogens (tertiary/aromatic N) is 1. The number of fused-ring (bicyclic) bond motifs is 1. The van der Waals surface area contributed by atoms with Gasteiger partial charge in [0.15, 0.2) is 5.58 Å². The minimum absolute atomic E-state index is 0.0592. The summed E-state index contributed by atoms with van der Waals surface area (Å²) in [5, 5.41) is 2.73. The summed E-state index contributed by atoms with van der Waals surface area (Å²) in [6.07, 6.45) is 0.296. The van der Waals surface area contributed by atoms with Gasteiger partial charge in [-0.2, -0.15) is 4.72 Å². The SMILES string of the molecule is COc1ccc(NC(=O)[C@@H](CC(C)C)NS(=O)(=O)c2ccc3c(c2)oc(=O)n3C)cc1. The van der Waals surface area contributed by atoms with E-state index in [2.05, 4.69) is 10.0 Å². The first-order valence-electron chi connectivity index (χ1n) is 9.67. The Morgan fingerprint density at radius 2 is 1.84 bits per heavy atom. The second-order valence-electron chi connectivity index (χ2n) is 7.58. The van der Waals surface area contributed by atoms with Gasteiger partial charge < -0.3 is 14.5 Å². The summed E-state index contributed by atoms with van der Waals surface area (Å²) in [5.41, 5.74) is 1.14. The Balaban J connectivity index is 1.84. The molecule has 3 aromatic rings. The highest BCUT2D eigenvalue weighted by Crippen LogP contribution is 2.20. The number of methoxy groups -OCH3 is 1. The summed E-state index contributed by atoms with van der Waals surface area (Å²) in [5.74, 6) is -0.367. The summed E-state index contributed by atoms with van der Waals surface area (Å²) >= 11 is 0. The molecule has 3 rings (SSSR count). The van der Waals surface area contributed by atoms with E-state index in [1.54, 1.807) is 31.4 Å². The van der Waals surface area contributed by atoms with Gasteiger partial charge in [0.2, 0.25) is 15.9 Å². The third-order valence-electron chi connectivity index (χ3n) is 4.75. The van der Waals surface area contributed by atoms with Crippen LogP contribution in [0, 0.1) is 5.92 Å². The van der Waals surface area contributed by atoms with Crippen molar-refractivity contribution in [3.63, 3.8) is 0 Å². The van der Waals surface area contributed by atoms with E-state index >= 15 is 0 Å². The number of benzene rings is 2. The molecule has 31 heavy (non-hydrogen) atoms. The fourth-order valence-electron chi connectivity index (χ4n) is 3.12. The Hall–Kier alpha value is -3.11. The van der Waals surface area contributed by atoms with E-state index in [9.17, 15) is 18.0 Å². The highest BCUT2D eigenvalue weighted by molar-refractivity contribution is 7.89. The van der Waals surface area contributed by atoms with E-state index in [4.69, 9.17) is 9.15 Å². The lowest BCUT2D eigenvalue weighted by atomic mass is 10.0. The maximum Gasteiger partial charge on any atom is 0.419 e. The Bertz CT molecular complexity index is 1240. The molecule has 0 saturated heterocycles. The van der Waals surface area contributed by atoms with E-state index in [-0.39, 0.29) is 16.4 Å². The molecule has 2 N–H and O–H groups in total. The molecule has 10 heteroatoms. The minimum Gasteiger partial charge on any atom is -0.497 e. The van der Waals surface area contributed by atoms with Gasteiger partial charge in [0.1, 0.15) is 11.8 Å². The van der Waals surface area contributed by atoms with Crippen molar-refractivity contribution in [2.75, 3.05) is 12.4 Å². The number of rotatable bonds is 8. The fourth-order valence-corrected chi connectivity index (χ4v) is 4.34. The number of nitrogens with one attached hydrogen (secondary N) is 2. The first-order chi connectivity index (χ1) is 14.6. The maximum absolute atomic E-state index is 13.0. The van der Waals surface area contributed by atoms with Gasteiger partial charge in [-0.1, -0.05) is 13.8 Å². The van der Waals surface area contributed by atoms with E-state index in [0.29, 0.717) is 23.4 Å². The number of oxazole rings is 1. The van der Waals surface area contributed by atoms with E-state index in [1.165, 1.54) is 29.8 Å². The van der Waals surface area contributed by atoms with Gasteiger partial charge in [0.05, 0.1) is 17.5 Å². The van der Waals surface area contributed by atoms with Gasteiger partial charge in [-0.15, -0.1) is 0 Å². The van der Waals surface area contributed by atoms with Crippen molar-refractivity contribution in [3.05, 3.63) is 53.0 Å². The van der Waals surface area contributed by atoms with Crippen LogP contribution in [0.4, 0.5) is 5.69 Å². The number of hydrogen-bond donors (Lipinski definition) is 2. The van der Waals surface area contributed by atoms with Gasteiger partial charge in [0, 0.05) is 18.8 Å². The quantitative estimate of drug-likeness (QED) is 0.547. The molecule has 1 amide bonds. The highest BCUT2D eigenvalue weighted by atomic mass is 32.2. The predicted molar refractivity (Wildman–Crippen MR) is 117 cm³/mol. The van der Waals surface area contributed by atoms with Crippen molar-refractivity contribution in [3.8, 4) is 5.75 Å². The number of amides is 1. The molecule has 0 unspecified atom stereocenters. The topological polar surface area (TPSA) is 120 Å². The molecule has 1 heterocycles. The summed E-state index contributed by atoms with van der Waals surface area (Å²) in [7, 11) is -0.979. The van der Waals surface area contributed by atoms with Crippen LogP contribution in [0.3, 0.4) is 0 Å². The van der Waals surface area contributed by atoms with Gasteiger partial charge in [0.25, 0.3) is 0 Å². The molecule has 2 aromatic carbocycles. The third kappa shape index (κ3) is 5.15. The number of carbonyl (C=O) groups is 1. The number of hydrogen-bond acceptors (Lipinski definition) is 6. The summed E-state index contributed by atoms with van der Waals surface area (Å²) in [4.78, 5) is 24.4. The van der Waals surface area contributed by atoms with Crippen molar-refractivity contribution in [1.82, 2.24) is 9.29 Å². The van der Waals surface area contributed by atoms with Crippen molar-refractivity contribution in [2.24, 2.45) is 13.0 Å². The smallest absolute Gasteiger partial charge is 0.419 e. The summed E-state index contributed by atoms with van der Waals surface area (Å²) < 4.78 is 39.9. The molecule has 0 bridgehead atoms. The molecular weight excluding hydrogens is 422 g/mol. The van der Waals surface area contributed by atoms with Crippen LogP contribution in [0.1, 0.15) is 20.3 Å². The fraction of sp³-hybridized carbons (Fsp3) is 0.333. The molecule has 0 spiro atoms. The molecule has 1 aromatic heterocycles. The summed E-state index contributed by atoms with van der Waals surface area (Å²) in [6.45, 7) is 3.79. The largest absolute Gasteiger partial charge is 0.497 e. The molecule has 9 nitrogen and oxygen atoms in total. The van der Waals surface area contributed by atoms with Crippen LogP contribution in [0.5, 0.6) is 5.75 Å². The molecule has 0 radical (unpaired) electrons. The normalized spacial score (nSPS) is 12.8. The average molecular weight is 448 g/mol. The molecular formula is C21H25N3O6S. The van der Waals surface area contributed by atoms with E-state index in [0.717, 1.165) is 0 Å². The van der Waals surface area contributed by atoms with E-state index < -0.39 is 27.7 Å². The molecule has 1 atom stereocenters. The monoisotopic (exact) mass is 447 g/mol. The second kappa shape index (κ2) is 8.94. The Kier molecular flexibility index (Phi) is 6.51. The first kappa shape index (κ1) is 22.6. The van der Waals surface area contributed by atoms with Crippen LogP contribution in [0.25, 0.3) is 11.1 Å². The lowest BCUT2D eigenvalue weighted by Gasteiger charge is -2.20. The maximum atomic E-state index is 13.0. The lowest BCUT2D eigenvalue weighted by molar-refractivity contribution is -0.118. The van der Waals surface area contributed by atoms with Crippen molar-refractivity contribution < 1.29 is 22.4 Å². The highest BCUT2D eigenvalue weighted by Gasteiger charge is 2.27. The number of aryl methyl sites for hydroxylation is 1. The van der Waals surface area contributed by atoms with Gasteiger partial charge in [-0.25, -0.2) is 13.2 Å². The zero-order valence-electron chi connectivity index (χ0n) is 17.7. The zero-order chi connectivity index (χ0) is 22.8. The van der Waals surface area contributed by atoms with Crippen LogP contribution in [-0.2, 0) is 21.9 Å². The van der Waals surface area contributed by atoms with Crippen LogP contribution in [0.2, 0.25) is 0 Å². The average Bonchev–Trinajstić information content (AvgIpc) is 3.00. The first-order valence-corrected chi connectivity index (χ1v) is 11.2. The van der Waals surface area contributed by atoms with E-state index in [1.807, 2.05) is 13.8 Å². The van der Waals surface area contributed by atoms with Gasteiger partial charge in [-0.3, -0.25) is 9.36 Å². The number of sulfonamides is 1. The minimum atomic E-state index is -4.05.